The summed E-state index contributed by atoms with van der Waals surface area (Å²) in [6.07, 6.45) is -5.42. The van der Waals surface area contributed by atoms with E-state index in [1.54, 1.807) is 24.3 Å². The molecule has 2 aromatic rings. The van der Waals surface area contributed by atoms with Gasteiger partial charge in [-0.15, -0.1) is 0 Å². The van der Waals surface area contributed by atoms with E-state index < -0.39 is 23.8 Å². The number of fused-ring (bicyclic) bond motifs is 1. The molecule has 0 unspecified atom stereocenters. The summed E-state index contributed by atoms with van der Waals surface area (Å²) in [5.41, 5.74) is 0.254. The van der Waals surface area contributed by atoms with Crippen LogP contribution >= 0.6 is 0 Å². The molecule has 0 bridgehead atoms. The van der Waals surface area contributed by atoms with Crippen LogP contribution in [0.5, 0.6) is 5.75 Å². The Kier molecular flexibility index (Phi) is 4.58. The number of alkyl halides is 3. The van der Waals surface area contributed by atoms with Crippen molar-refractivity contribution in [2.75, 3.05) is 16.8 Å². The van der Waals surface area contributed by atoms with E-state index in [2.05, 4.69) is 5.32 Å². The number of ether oxygens (including phenoxy) is 1. The standard InChI is InChI=1S/C18H15F3N2O3/c1-11(26-13-8-6-12(7-9-13)18(19,20)21)17(25)23-10-16(24)22-14-4-2-3-5-15(14)23/h2-9,11H,10H2,1H3,(H,22,24)/t11-/m1/s1. The van der Waals surface area contributed by atoms with Crippen LogP contribution in [0, 0.1) is 0 Å². The van der Waals surface area contributed by atoms with E-state index in [-0.39, 0.29) is 18.2 Å². The maximum atomic E-state index is 12.7. The van der Waals surface area contributed by atoms with E-state index in [0.717, 1.165) is 24.3 Å². The first-order valence-electron chi connectivity index (χ1n) is 7.80. The first-order valence-corrected chi connectivity index (χ1v) is 7.80. The summed E-state index contributed by atoms with van der Waals surface area (Å²) in [7, 11) is 0. The summed E-state index contributed by atoms with van der Waals surface area (Å²) in [4.78, 5) is 25.8. The van der Waals surface area contributed by atoms with Crippen LogP contribution in [0.4, 0.5) is 24.5 Å². The third-order valence-electron chi connectivity index (χ3n) is 3.88. The Labute approximate surface area is 147 Å². The SMILES string of the molecule is C[C@@H](Oc1ccc(C(F)(F)F)cc1)C(=O)N1CC(=O)Nc2ccccc21. The molecule has 3 rings (SSSR count). The Hall–Kier alpha value is -3.03. The summed E-state index contributed by atoms with van der Waals surface area (Å²) >= 11 is 0. The second kappa shape index (κ2) is 6.70. The molecule has 1 heterocycles. The van der Waals surface area contributed by atoms with Crippen LogP contribution < -0.4 is 15.0 Å². The van der Waals surface area contributed by atoms with E-state index in [0.29, 0.717) is 11.4 Å². The second-order valence-electron chi connectivity index (χ2n) is 5.77. The molecule has 2 aromatic carbocycles. The molecule has 1 N–H and O–H groups in total. The molecule has 0 aromatic heterocycles. The highest BCUT2D eigenvalue weighted by Crippen LogP contribution is 2.31. The molecular formula is C18H15F3N2O3. The van der Waals surface area contributed by atoms with Crippen molar-refractivity contribution >= 4 is 23.2 Å². The number of para-hydroxylation sites is 2. The van der Waals surface area contributed by atoms with Gasteiger partial charge >= 0.3 is 6.18 Å². The first-order chi connectivity index (χ1) is 12.3. The molecular weight excluding hydrogens is 349 g/mol. The zero-order chi connectivity index (χ0) is 18.9. The van der Waals surface area contributed by atoms with Gasteiger partial charge in [0, 0.05) is 0 Å². The highest BCUT2D eigenvalue weighted by Gasteiger charge is 2.32. The second-order valence-corrected chi connectivity index (χ2v) is 5.77. The Morgan fingerprint density at radius 2 is 1.81 bits per heavy atom. The quantitative estimate of drug-likeness (QED) is 0.908. The van der Waals surface area contributed by atoms with Crippen molar-refractivity contribution in [3.05, 3.63) is 54.1 Å². The largest absolute Gasteiger partial charge is 0.481 e. The normalized spacial score (nSPS) is 15.1. The molecule has 0 saturated carbocycles. The topological polar surface area (TPSA) is 58.6 Å². The molecule has 8 heteroatoms. The molecule has 0 saturated heterocycles. The van der Waals surface area contributed by atoms with Crippen LogP contribution in [0.1, 0.15) is 12.5 Å². The van der Waals surface area contributed by atoms with Crippen molar-refractivity contribution < 1.29 is 27.5 Å². The highest BCUT2D eigenvalue weighted by molar-refractivity contribution is 6.10. The summed E-state index contributed by atoms with van der Waals surface area (Å²) in [5, 5.41) is 2.67. The fraction of sp³-hybridized carbons (Fsp3) is 0.222. The number of rotatable bonds is 3. The van der Waals surface area contributed by atoms with Gasteiger partial charge in [-0.25, -0.2) is 0 Å². The third-order valence-corrected chi connectivity index (χ3v) is 3.88. The highest BCUT2D eigenvalue weighted by atomic mass is 19.4. The molecule has 0 spiro atoms. The first kappa shape index (κ1) is 17.8. The number of amides is 2. The minimum absolute atomic E-state index is 0.133. The summed E-state index contributed by atoms with van der Waals surface area (Å²) in [6.45, 7) is 1.33. The van der Waals surface area contributed by atoms with Crippen LogP contribution in [-0.2, 0) is 15.8 Å². The zero-order valence-electron chi connectivity index (χ0n) is 13.7. The van der Waals surface area contributed by atoms with Gasteiger partial charge in [0.1, 0.15) is 12.3 Å². The molecule has 26 heavy (non-hydrogen) atoms. The van der Waals surface area contributed by atoms with Gasteiger partial charge < -0.3 is 10.1 Å². The number of anilines is 2. The van der Waals surface area contributed by atoms with Crippen LogP contribution in [0.2, 0.25) is 0 Å². The monoisotopic (exact) mass is 364 g/mol. The molecule has 5 nitrogen and oxygen atoms in total. The lowest BCUT2D eigenvalue weighted by Crippen LogP contribution is -2.47. The van der Waals surface area contributed by atoms with Crippen molar-refractivity contribution in [3.63, 3.8) is 0 Å². The average molecular weight is 364 g/mol. The lowest BCUT2D eigenvalue weighted by Gasteiger charge is -2.31. The number of carbonyl (C=O) groups is 2. The summed E-state index contributed by atoms with van der Waals surface area (Å²) in [5.74, 6) is -0.667. The summed E-state index contributed by atoms with van der Waals surface area (Å²) < 4.78 is 43.2. The molecule has 1 aliphatic heterocycles. The van der Waals surface area contributed by atoms with Crippen LogP contribution in [0.15, 0.2) is 48.5 Å². The number of hydrogen-bond donors (Lipinski definition) is 1. The zero-order valence-corrected chi connectivity index (χ0v) is 13.7. The van der Waals surface area contributed by atoms with E-state index in [9.17, 15) is 22.8 Å². The van der Waals surface area contributed by atoms with E-state index >= 15 is 0 Å². The molecule has 0 fully saturated rings. The molecule has 1 aliphatic rings. The number of nitrogens with zero attached hydrogens (tertiary/aromatic N) is 1. The van der Waals surface area contributed by atoms with Crippen LogP contribution in [0.3, 0.4) is 0 Å². The maximum absolute atomic E-state index is 12.7. The number of hydrogen-bond acceptors (Lipinski definition) is 3. The van der Waals surface area contributed by atoms with E-state index in [4.69, 9.17) is 4.74 Å². The van der Waals surface area contributed by atoms with Gasteiger partial charge in [0.2, 0.25) is 5.91 Å². The number of carbonyl (C=O) groups excluding carboxylic acids is 2. The van der Waals surface area contributed by atoms with Crippen molar-refractivity contribution in [2.45, 2.75) is 19.2 Å². The minimum Gasteiger partial charge on any atom is -0.481 e. The Morgan fingerprint density at radius 3 is 2.46 bits per heavy atom. The molecule has 0 aliphatic carbocycles. The third kappa shape index (κ3) is 3.63. The predicted molar refractivity (Wildman–Crippen MR) is 89.0 cm³/mol. The van der Waals surface area contributed by atoms with Gasteiger partial charge in [0.05, 0.1) is 16.9 Å². The van der Waals surface area contributed by atoms with Gasteiger partial charge in [-0.3, -0.25) is 14.5 Å². The van der Waals surface area contributed by atoms with Gasteiger partial charge in [-0.1, -0.05) is 12.1 Å². The average Bonchev–Trinajstić information content (AvgIpc) is 2.60. The minimum atomic E-state index is -4.44. The van der Waals surface area contributed by atoms with E-state index in [1.165, 1.54) is 11.8 Å². The van der Waals surface area contributed by atoms with Gasteiger partial charge in [0.25, 0.3) is 5.91 Å². The van der Waals surface area contributed by atoms with Crippen molar-refractivity contribution in [3.8, 4) is 5.75 Å². The van der Waals surface area contributed by atoms with Crippen LogP contribution in [-0.4, -0.2) is 24.5 Å². The van der Waals surface area contributed by atoms with Gasteiger partial charge in [-0.2, -0.15) is 13.2 Å². The van der Waals surface area contributed by atoms with E-state index in [1.807, 2.05) is 0 Å². The molecule has 1 atom stereocenters. The molecule has 136 valence electrons. The Balaban J connectivity index is 1.75. The Morgan fingerprint density at radius 1 is 1.15 bits per heavy atom. The molecule has 0 radical (unpaired) electrons. The van der Waals surface area contributed by atoms with Crippen molar-refractivity contribution in [2.24, 2.45) is 0 Å². The fourth-order valence-corrected chi connectivity index (χ4v) is 2.63. The number of benzene rings is 2. The number of halogens is 3. The fourth-order valence-electron chi connectivity index (χ4n) is 2.63. The molecule has 2 amide bonds. The lowest BCUT2D eigenvalue weighted by atomic mass is 10.1. The Bertz CT molecular complexity index is 834. The van der Waals surface area contributed by atoms with Crippen LogP contribution in [0.25, 0.3) is 0 Å². The van der Waals surface area contributed by atoms with Gasteiger partial charge in [0.15, 0.2) is 6.10 Å². The maximum Gasteiger partial charge on any atom is 0.416 e. The number of nitrogens with one attached hydrogen (secondary N) is 1. The van der Waals surface area contributed by atoms with Crippen molar-refractivity contribution in [1.29, 1.82) is 0 Å². The summed E-state index contributed by atoms with van der Waals surface area (Å²) in [6, 6.07) is 10.9. The van der Waals surface area contributed by atoms with Gasteiger partial charge in [-0.05, 0) is 43.3 Å². The van der Waals surface area contributed by atoms with Crippen molar-refractivity contribution in [1.82, 2.24) is 0 Å². The lowest BCUT2D eigenvalue weighted by molar-refractivity contribution is -0.137. The predicted octanol–water partition coefficient (Wildman–Crippen LogP) is 3.46. The smallest absolute Gasteiger partial charge is 0.416 e.